The quantitative estimate of drug-likeness (QED) is 0.692. The van der Waals surface area contributed by atoms with Crippen LogP contribution in [-0.4, -0.2) is 30.1 Å². The Hall–Kier alpha value is -2.03. The summed E-state index contributed by atoms with van der Waals surface area (Å²) in [6.07, 6.45) is 0.539. The van der Waals surface area contributed by atoms with E-state index in [1.54, 1.807) is 25.2 Å². The van der Waals surface area contributed by atoms with Crippen molar-refractivity contribution in [3.05, 3.63) is 52.3 Å². The number of aromatic nitrogens is 3. The van der Waals surface area contributed by atoms with Crippen molar-refractivity contribution in [1.29, 1.82) is 0 Å². The summed E-state index contributed by atoms with van der Waals surface area (Å²) in [6.45, 7) is 5.72. The standard InChI is InChI=1S/C17H20N4O2S2/c1-11-6-4-5-7-15(11)17-19-14(10-24-17)8-9-18-25(22,23)16-12(2)20-21-13(16)3/h4-7,10,18H,8-9H2,1-3H3,(H,20,21). The largest absolute Gasteiger partial charge is 0.281 e. The monoisotopic (exact) mass is 376 g/mol. The van der Waals surface area contributed by atoms with Gasteiger partial charge in [-0.2, -0.15) is 5.10 Å². The zero-order valence-electron chi connectivity index (χ0n) is 14.3. The average Bonchev–Trinajstić information content (AvgIpc) is 3.15. The lowest BCUT2D eigenvalue weighted by Crippen LogP contribution is -2.27. The van der Waals surface area contributed by atoms with Crippen LogP contribution in [0.3, 0.4) is 0 Å². The van der Waals surface area contributed by atoms with Gasteiger partial charge < -0.3 is 0 Å². The lowest BCUT2D eigenvalue weighted by molar-refractivity contribution is 0.580. The minimum Gasteiger partial charge on any atom is -0.281 e. The highest BCUT2D eigenvalue weighted by molar-refractivity contribution is 7.89. The van der Waals surface area contributed by atoms with Gasteiger partial charge >= 0.3 is 0 Å². The van der Waals surface area contributed by atoms with Crippen LogP contribution in [0.1, 0.15) is 22.6 Å². The first kappa shape index (κ1) is 17.8. The van der Waals surface area contributed by atoms with E-state index in [0.29, 0.717) is 24.4 Å². The predicted molar refractivity (Wildman–Crippen MR) is 99.2 cm³/mol. The Bertz CT molecular complexity index is 970. The Balaban J connectivity index is 1.66. The second-order valence-electron chi connectivity index (χ2n) is 5.87. The van der Waals surface area contributed by atoms with Crippen molar-refractivity contribution in [2.45, 2.75) is 32.1 Å². The molecule has 0 radical (unpaired) electrons. The van der Waals surface area contributed by atoms with E-state index in [2.05, 4.69) is 32.9 Å². The van der Waals surface area contributed by atoms with Crippen LogP contribution < -0.4 is 4.72 Å². The van der Waals surface area contributed by atoms with E-state index in [9.17, 15) is 8.42 Å². The topological polar surface area (TPSA) is 87.7 Å². The second-order valence-corrected chi connectivity index (χ2v) is 8.43. The van der Waals surface area contributed by atoms with Crippen LogP contribution in [0.15, 0.2) is 34.5 Å². The molecule has 2 aromatic heterocycles. The molecule has 0 aliphatic heterocycles. The van der Waals surface area contributed by atoms with Crippen molar-refractivity contribution < 1.29 is 8.42 Å². The van der Waals surface area contributed by atoms with Crippen LogP contribution >= 0.6 is 11.3 Å². The highest BCUT2D eigenvalue weighted by atomic mass is 32.2. The molecule has 0 spiro atoms. The molecule has 1 aromatic carbocycles. The van der Waals surface area contributed by atoms with Gasteiger partial charge in [-0.25, -0.2) is 18.1 Å². The summed E-state index contributed by atoms with van der Waals surface area (Å²) >= 11 is 1.57. The smallest absolute Gasteiger partial charge is 0.244 e. The van der Waals surface area contributed by atoms with Gasteiger partial charge in [0.1, 0.15) is 9.90 Å². The minimum absolute atomic E-state index is 0.228. The number of hydrogen-bond acceptors (Lipinski definition) is 5. The molecule has 0 unspecified atom stereocenters. The Morgan fingerprint density at radius 3 is 2.64 bits per heavy atom. The molecule has 2 heterocycles. The van der Waals surface area contributed by atoms with E-state index in [1.807, 2.05) is 23.6 Å². The van der Waals surface area contributed by atoms with Crippen LogP contribution in [0.5, 0.6) is 0 Å². The van der Waals surface area contributed by atoms with Crippen molar-refractivity contribution in [3.63, 3.8) is 0 Å². The number of aromatic amines is 1. The predicted octanol–water partition coefficient (Wildman–Crippen LogP) is 2.98. The SMILES string of the molecule is Cc1ccccc1-c1nc(CCNS(=O)(=O)c2c(C)n[nH]c2C)cs1. The van der Waals surface area contributed by atoms with Gasteiger partial charge in [-0.3, -0.25) is 5.10 Å². The van der Waals surface area contributed by atoms with E-state index in [4.69, 9.17) is 0 Å². The Morgan fingerprint density at radius 1 is 1.20 bits per heavy atom. The molecule has 0 saturated heterocycles. The molecule has 2 N–H and O–H groups in total. The van der Waals surface area contributed by atoms with Gasteiger partial charge in [-0.1, -0.05) is 24.3 Å². The Morgan fingerprint density at radius 2 is 1.96 bits per heavy atom. The van der Waals surface area contributed by atoms with Crippen molar-refractivity contribution >= 4 is 21.4 Å². The highest BCUT2D eigenvalue weighted by Crippen LogP contribution is 2.26. The molecule has 3 aromatic rings. The van der Waals surface area contributed by atoms with Crippen LogP contribution in [0, 0.1) is 20.8 Å². The number of rotatable bonds is 6. The number of nitrogens with zero attached hydrogens (tertiary/aromatic N) is 2. The van der Waals surface area contributed by atoms with Crippen LogP contribution in [-0.2, 0) is 16.4 Å². The van der Waals surface area contributed by atoms with Gasteiger partial charge in [0.2, 0.25) is 10.0 Å². The van der Waals surface area contributed by atoms with Crippen molar-refractivity contribution in [1.82, 2.24) is 19.9 Å². The Kier molecular flexibility index (Phi) is 5.03. The van der Waals surface area contributed by atoms with Gasteiger partial charge in [0.15, 0.2) is 0 Å². The number of aryl methyl sites for hydroxylation is 3. The molecule has 0 bridgehead atoms. The fourth-order valence-electron chi connectivity index (χ4n) is 2.68. The third-order valence-corrected chi connectivity index (χ3v) is 6.58. The maximum absolute atomic E-state index is 12.4. The molecule has 25 heavy (non-hydrogen) atoms. The highest BCUT2D eigenvalue weighted by Gasteiger charge is 2.21. The number of H-pyrrole nitrogens is 1. The number of nitrogens with one attached hydrogen (secondary N) is 2. The fourth-order valence-corrected chi connectivity index (χ4v) is 5.02. The summed E-state index contributed by atoms with van der Waals surface area (Å²) in [5, 5.41) is 9.57. The number of hydrogen-bond donors (Lipinski definition) is 2. The first-order valence-electron chi connectivity index (χ1n) is 7.90. The maximum Gasteiger partial charge on any atom is 0.244 e. The lowest BCUT2D eigenvalue weighted by Gasteiger charge is -2.06. The zero-order valence-corrected chi connectivity index (χ0v) is 16.0. The van der Waals surface area contributed by atoms with Crippen LogP contribution in [0.2, 0.25) is 0 Å². The van der Waals surface area contributed by atoms with E-state index >= 15 is 0 Å². The lowest BCUT2D eigenvalue weighted by atomic mass is 10.1. The van der Waals surface area contributed by atoms with Gasteiger partial charge in [0.25, 0.3) is 0 Å². The second kappa shape index (κ2) is 7.07. The van der Waals surface area contributed by atoms with E-state index < -0.39 is 10.0 Å². The zero-order chi connectivity index (χ0) is 18.0. The van der Waals surface area contributed by atoms with E-state index in [1.165, 1.54) is 5.56 Å². The third kappa shape index (κ3) is 3.81. The number of benzene rings is 1. The van der Waals surface area contributed by atoms with Gasteiger partial charge in [-0.05, 0) is 26.3 Å². The summed E-state index contributed by atoms with van der Waals surface area (Å²) in [5.74, 6) is 0. The van der Waals surface area contributed by atoms with Gasteiger partial charge in [-0.15, -0.1) is 11.3 Å². The molecule has 0 aliphatic rings. The van der Waals surface area contributed by atoms with Crippen molar-refractivity contribution in [2.75, 3.05) is 6.54 Å². The molecule has 0 aliphatic carbocycles. The molecule has 3 rings (SSSR count). The molecule has 8 heteroatoms. The fraction of sp³-hybridized carbons (Fsp3) is 0.294. The first-order chi connectivity index (χ1) is 11.9. The summed E-state index contributed by atoms with van der Waals surface area (Å²) in [4.78, 5) is 4.85. The van der Waals surface area contributed by atoms with Crippen LogP contribution in [0.4, 0.5) is 0 Å². The number of sulfonamides is 1. The van der Waals surface area contributed by atoms with Crippen molar-refractivity contribution in [2.24, 2.45) is 0 Å². The van der Waals surface area contributed by atoms with Crippen LogP contribution in [0.25, 0.3) is 10.6 Å². The summed E-state index contributed by atoms with van der Waals surface area (Å²) < 4.78 is 27.4. The molecule has 0 amide bonds. The molecule has 0 atom stereocenters. The molecular weight excluding hydrogens is 356 g/mol. The molecule has 0 saturated carbocycles. The maximum atomic E-state index is 12.4. The summed E-state index contributed by atoms with van der Waals surface area (Å²) in [5.41, 5.74) is 4.19. The molecule has 132 valence electrons. The molecular formula is C17H20N4O2S2. The normalized spacial score (nSPS) is 11.8. The number of thiazole rings is 1. The molecule has 0 fully saturated rings. The minimum atomic E-state index is -3.57. The Labute approximate surface area is 151 Å². The summed E-state index contributed by atoms with van der Waals surface area (Å²) in [6, 6.07) is 8.10. The van der Waals surface area contributed by atoms with E-state index in [-0.39, 0.29) is 4.90 Å². The van der Waals surface area contributed by atoms with Gasteiger partial charge in [0, 0.05) is 23.9 Å². The summed E-state index contributed by atoms with van der Waals surface area (Å²) in [7, 11) is -3.57. The third-order valence-electron chi connectivity index (χ3n) is 3.93. The molecule has 6 nitrogen and oxygen atoms in total. The first-order valence-corrected chi connectivity index (χ1v) is 10.3. The van der Waals surface area contributed by atoms with E-state index in [0.717, 1.165) is 16.3 Å². The average molecular weight is 377 g/mol. The van der Waals surface area contributed by atoms with Crippen molar-refractivity contribution in [3.8, 4) is 10.6 Å². The van der Waals surface area contributed by atoms with Gasteiger partial charge in [0.05, 0.1) is 17.1 Å².